The molecule has 5 heterocycles. The Hall–Kier alpha value is -6.34. The number of aliphatic hydroxyl groups is 1. The van der Waals surface area contributed by atoms with Crippen molar-refractivity contribution in [1.82, 2.24) is 35.7 Å². The molecule has 0 radical (unpaired) electrons. The van der Waals surface area contributed by atoms with Crippen molar-refractivity contribution >= 4 is 52.3 Å². The number of aryl methyl sites for hydroxylation is 2. The average molecular weight is 874 g/mol. The van der Waals surface area contributed by atoms with Crippen LogP contribution in [-0.2, 0) is 68.2 Å². The van der Waals surface area contributed by atoms with Gasteiger partial charge in [-0.1, -0.05) is 13.3 Å². The first-order valence-corrected chi connectivity index (χ1v) is 21.1. The zero-order chi connectivity index (χ0) is 45.6. The summed E-state index contributed by atoms with van der Waals surface area (Å²) in [7, 11) is 0. The van der Waals surface area contributed by atoms with Gasteiger partial charge in [-0.25, -0.2) is 14.2 Å². The van der Waals surface area contributed by atoms with Crippen LogP contribution in [0.2, 0.25) is 0 Å². The maximum absolute atomic E-state index is 14.8. The summed E-state index contributed by atoms with van der Waals surface area (Å²) in [6, 6.07) is 2.79. The van der Waals surface area contributed by atoms with Gasteiger partial charge in [0.25, 0.3) is 17.4 Å². The van der Waals surface area contributed by atoms with Crippen LogP contribution in [-0.4, -0.2) is 99.5 Å². The number of esters is 1. The highest BCUT2D eigenvalue weighted by Gasteiger charge is 2.45. The number of halogens is 1. The van der Waals surface area contributed by atoms with Gasteiger partial charge in [-0.3, -0.25) is 38.5 Å². The quantitative estimate of drug-likeness (QED) is 0.0368. The number of unbranched alkanes of at least 4 members (excludes halogenated alkanes) is 3. The highest BCUT2D eigenvalue weighted by molar-refractivity contribution is 6.12. The van der Waals surface area contributed by atoms with Gasteiger partial charge in [0, 0.05) is 54.3 Å². The summed E-state index contributed by atoms with van der Waals surface area (Å²) in [6.07, 6.45) is 5.94. The number of nitrogens with zero attached hydrogens (tertiary/aromatic N) is 3. The van der Waals surface area contributed by atoms with Crippen molar-refractivity contribution in [3.8, 4) is 11.4 Å². The third-order valence-corrected chi connectivity index (χ3v) is 11.6. The number of hydrogen-bond acceptors (Lipinski definition) is 12. The van der Waals surface area contributed by atoms with Crippen LogP contribution in [0.4, 0.5) is 4.39 Å². The number of amides is 6. The summed E-state index contributed by atoms with van der Waals surface area (Å²) in [5, 5.41) is 22.1. The van der Waals surface area contributed by atoms with E-state index in [2.05, 4.69) is 21.3 Å². The molecule has 6 amide bonds. The Balaban J connectivity index is 0.915. The summed E-state index contributed by atoms with van der Waals surface area (Å²) in [4.78, 5) is 105. The molecule has 3 atom stereocenters. The van der Waals surface area contributed by atoms with Gasteiger partial charge in [0.2, 0.25) is 23.6 Å². The molecule has 0 fully saturated rings. The molecular formula is C44H52FN7O11. The van der Waals surface area contributed by atoms with Crippen LogP contribution < -0.4 is 26.8 Å². The lowest BCUT2D eigenvalue weighted by atomic mass is 9.86. The fraction of sp³-hybridized carbons (Fsp3) is 0.477. The number of carbonyl (C=O) groups excluding carboxylic acids is 7. The molecule has 336 valence electrons. The first-order chi connectivity index (χ1) is 30.0. The van der Waals surface area contributed by atoms with Crippen molar-refractivity contribution in [2.45, 2.75) is 110 Å². The van der Waals surface area contributed by atoms with Crippen molar-refractivity contribution in [3.63, 3.8) is 0 Å². The molecule has 2 aromatic heterocycles. The van der Waals surface area contributed by atoms with Gasteiger partial charge in [0.1, 0.15) is 31.2 Å². The third-order valence-electron chi connectivity index (χ3n) is 11.6. The van der Waals surface area contributed by atoms with Crippen molar-refractivity contribution < 1.29 is 52.5 Å². The highest BCUT2D eigenvalue weighted by atomic mass is 19.1. The molecule has 0 saturated heterocycles. The smallest absolute Gasteiger partial charge is 0.343 e. The van der Waals surface area contributed by atoms with E-state index in [1.165, 1.54) is 32.1 Å². The molecule has 19 heteroatoms. The Bertz CT molecular complexity index is 2430. The van der Waals surface area contributed by atoms with Crippen LogP contribution in [0.15, 0.2) is 35.1 Å². The van der Waals surface area contributed by atoms with Crippen molar-refractivity contribution in [2.24, 2.45) is 0 Å². The molecule has 3 aromatic rings. The standard InChI is InChI=1S/C44H52FN7O11/c1-5-44(61)31-18-34-39-29(21-52(34)42(59)30(31)22-63-43(44)60)27(28-17-24(2)32(45)19-33(28)50-39)11-8-10-16-62-23-47-36(54)20-46-40(57)25(3)49-41(58)26(4)48-35(53)12-7-6-9-15-51-37(55)13-14-38(51)56/h13-14,17-19,25-26,61H,5-12,15-16,20-23H2,1-4H3,(H,46,57)(H,47,54)(H,48,53)(H,49,58)/t25-,26-,44-/m0/s1. The van der Waals surface area contributed by atoms with Crippen LogP contribution in [0.5, 0.6) is 0 Å². The lowest BCUT2D eigenvalue weighted by Crippen LogP contribution is -2.52. The van der Waals surface area contributed by atoms with Crippen LogP contribution in [0.1, 0.15) is 93.5 Å². The monoisotopic (exact) mass is 873 g/mol. The summed E-state index contributed by atoms with van der Waals surface area (Å²) in [6.45, 7) is 6.20. The molecule has 1 aromatic carbocycles. The normalized spacial score (nSPS) is 17.2. The Labute approximate surface area is 361 Å². The molecule has 3 aliphatic rings. The molecule has 0 unspecified atom stereocenters. The number of aromatic nitrogens is 2. The van der Waals surface area contributed by atoms with E-state index in [-0.39, 0.29) is 81.3 Å². The van der Waals surface area contributed by atoms with E-state index in [1.807, 2.05) is 0 Å². The zero-order valence-electron chi connectivity index (χ0n) is 35.7. The Morgan fingerprint density at radius 3 is 2.38 bits per heavy atom. The third kappa shape index (κ3) is 10.1. The van der Waals surface area contributed by atoms with Crippen LogP contribution in [0, 0.1) is 12.7 Å². The van der Waals surface area contributed by atoms with Gasteiger partial charge in [-0.15, -0.1) is 0 Å². The lowest BCUT2D eigenvalue weighted by Gasteiger charge is -2.31. The second-order valence-corrected chi connectivity index (χ2v) is 16.0. The Morgan fingerprint density at radius 2 is 1.65 bits per heavy atom. The van der Waals surface area contributed by atoms with E-state index in [4.69, 9.17) is 14.5 Å². The van der Waals surface area contributed by atoms with Crippen LogP contribution in [0.3, 0.4) is 0 Å². The number of hydrogen-bond donors (Lipinski definition) is 5. The molecule has 0 aliphatic carbocycles. The van der Waals surface area contributed by atoms with Gasteiger partial charge >= 0.3 is 5.97 Å². The fourth-order valence-corrected chi connectivity index (χ4v) is 7.84. The molecule has 0 bridgehead atoms. The summed E-state index contributed by atoms with van der Waals surface area (Å²) in [5.74, 6) is -4.05. The van der Waals surface area contributed by atoms with Crippen molar-refractivity contribution in [2.75, 3.05) is 26.4 Å². The van der Waals surface area contributed by atoms with E-state index < -0.39 is 52.8 Å². The second-order valence-electron chi connectivity index (χ2n) is 16.0. The number of ether oxygens (including phenoxy) is 2. The molecule has 18 nitrogen and oxygen atoms in total. The van der Waals surface area contributed by atoms with Gasteiger partial charge < -0.3 is 40.4 Å². The van der Waals surface area contributed by atoms with E-state index in [0.717, 1.165) is 21.4 Å². The average Bonchev–Trinajstić information content (AvgIpc) is 3.78. The SMILES string of the molecule is CC[C@@]1(O)C(=O)OCc2c1cc1n(c2=O)Cc2c-1nc1cc(F)c(C)cc1c2CCCCOCNC(=O)CNC(=O)[C@H](C)NC(=O)[C@H](C)NC(=O)CCCCCN1C(=O)C=CC1=O. The van der Waals surface area contributed by atoms with E-state index in [9.17, 15) is 47.9 Å². The first kappa shape index (κ1) is 46.2. The largest absolute Gasteiger partial charge is 0.458 e. The summed E-state index contributed by atoms with van der Waals surface area (Å²) in [5.41, 5.74) is 1.46. The number of imide groups is 1. The maximum Gasteiger partial charge on any atom is 0.343 e. The van der Waals surface area contributed by atoms with Gasteiger partial charge in [-0.05, 0) is 82.6 Å². The summed E-state index contributed by atoms with van der Waals surface area (Å²) < 4.78 is 27.2. The minimum absolute atomic E-state index is 0.00319. The fourth-order valence-electron chi connectivity index (χ4n) is 7.84. The molecule has 63 heavy (non-hydrogen) atoms. The highest BCUT2D eigenvalue weighted by Crippen LogP contribution is 2.41. The number of pyridine rings is 2. The van der Waals surface area contributed by atoms with E-state index in [0.29, 0.717) is 61.0 Å². The molecule has 0 saturated carbocycles. The first-order valence-electron chi connectivity index (χ1n) is 21.1. The topological polar surface area (TPSA) is 244 Å². The van der Waals surface area contributed by atoms with E-state index in [1.54, 1.807) is 30.5 Å². The number of fused-ring (bicyclic) bond motifs is 5. The second kappa shape index (κ2) is 19.8. The van der Waals surface area contributed by atoms with Crippen LogP contribution in [0.25, 0.3) is 22.3 Å². The molecular weight excluding hydrogens is 822 g/mol. The molecule has 6 rings (SSSR count). The molecule has 3 aliphatic heterocycles. The van der Waals surface area contributed by atoms with Gasteiger partial charge in [0.05, 0.1) is 35.6 Å². The minimum Gasteiger partial charge on any atom is -0.458 e. The number of nitrogens with one attached hydrogen (secondary N) is 4. The predicted octanol–water partition coefficient (Wildman–Crippen LogP) is 1.55. The lowest BCUT2D eigenvalue weighted by molar-refractivity contribution is -0.172. The molecule has 0 spiro atoms. The van der Waals surface area contributed by atoms with Gasteiger partial charge in [0.15, 0.2) is 5.60 Å². The Morgan fingerprint density at radius 1 is 0.921 bits per heavy atom. The predicted molar refractivity (Wildman–Crippen MR) is 224 cm³/mol. The maximum atomic E-state index is 14.8. The van der Waals surface area contributed by atoms with Crippen LogP contribution >= 0.6 is 0 Å². The number of cyclic esters (lactones) is 1. The number of rotatable bonds is 20. The van der Waals surface area contributed by atoms with E-state index >= 15 is 0 Å². The number of carbonyl (C=O) groups is 7. The Kier molecular flexibility index (Phi) is 14.5. The summed E-state index contributed by atoms with van der Waals surface area (Å²) >= 11 is 0. The van der Waals surface area contributed by atoms with Crippen molar-refractivity contribution in [1.29, 1.82) is 0 Å². The zero-order valence-corrected chi connectivity index (χ0v) is 35.7. The van der Waals surface area contributed by atoms with Crippen molar-refractivity contribution in [3.05, 3.63) is 74.3 Å². The van der Waals surface area contributed by atoms with Gasteiger partial charge in [-0.2, -0.15) is 0 Å². The number of benzene rings is 1. The molecule has 5 N–H and O–H groups in total. The minimum atomic E-state index is -1.98.